The number of aromatic amines is 2. The first-order valence-electron chi connectivity index (χ1n) is 24.0. The summed E-state index contributed by atoms with van der Waals surface area (Å²) in [6, 6.07) is 47.2. The van der Waals surface area contributed by atoms with Crippen molar-refractivity contribution in [3.05, 3.63) is 216 Å². The zero-order valence-corrected chi connectivity index (χ0v) is 40.1. The molecule has 8 bridgehead atoms. The zero-order chi connectivity index (χ0) is 48.9. The van der Waals surface area contributed by atoms with Crippen LogP contribution >= 0.6 is 0 Å². The summed E-state index contributed by atoms with van der Waals surface area (Å²) in [6.07, 6.45) is 17.6. The molecular weight excluding hydrogens is 891 g/mol. The minimum Gasteiger partial charge on any atom is -0.354 e. The van der Waals surface area contributed by atoms with Crippen LogP contribution in [0.2, 0.25) is 0 Å². The second kappa shape index (κ2) is 18.2. The van der Waals surface area contributed by atoms with E-state index < -0.39 is 5.92 Å². The molecule has 0 saturated heterocycles. The number of nitrogens with zero attached hydrogens (tertiary/aromatic N) is 8. The third-order valence-electron chi connectivity index (χ3n) is 13.4. The average Bonchev–Trinajstić information content (AvgIpc) is 4.27. The predicted molar refractivity (Wildman–Crippen MR) is 289 cm³/mol. The second-order valence-corrected chi connectivity index (χ2v) is 18.3. The molecule has 0 radical (unpaired) electrons. The fourth-order valence-corrected chi connectivity index (χ4v) is 10.0. The summed E-state index contributed by atoms with van der Waals surface area (Å²) in [5.41, 5.74) is 14.4. The first-order chi connectivity index (χ1) is 35.3. The molecule has 350 valence electrons. The first kappa shape index (κ1) is 43.8. The van der Waals surface area contributed by atoms with Gasteiger partial charge in [-0.1, -0.05) is 109 Å². The number of imidazole rings is 3. The van der Waals surface area contributed by atoms with Gasteiger partial charge in [0.1, 0.15) is 23.4 Å². The smallest absolute Gasteiger partial charge is 0.257 e. The lowest BCUT2D eigenvalue weighted by atomic mass is 9.97. The van der Waals surface area contributed by atoms with Crippen LogP contribution in [0.15, 0.2) is 171 Å². The van der Waals surface area contributed by atoms with Gasteiger partial charge < -0.3 is 29.0 Å². The minimum absolute atomic E-state index is 0.00838. The Balaban J connectivity index is 1.09. The van der Waals surface area contributed by atoms with Crippen LogP contribution in [-0.2, 0) is 14.1 Å². The molecule has 2 aliphatic rings. The Kier molecular flexibility index (Phi) is 11.1. The summed E-state index contributed by atoms with van der Waals surface area (Å²) in [7, 11) is 3.94. The van der Waals surface area contributed by atoms with Gasteiger partial charge in [-0.2, -0.15) is 0 Å². The average molecular weight is 940 g/mol. The quantitative estimate of drug-likeness (QED) is 0.125. The lowest BCUT2D eigenvalue weighted by molar-refractivity contribution is 0.102. The number of carbonyl (C=O) groups excluding carboxylic acids is 1. The maximum Gasteiger partial charge on any atom is 0.257 e. The molecule has 0 fully saturated rings. The topological polar surface area (TPSA) is 140 Å². The van der Waals surface area contributed by atoms with Gasteiger partial charge in [-0.3, -0.25) is 4.79 Å². The highest BCUT2D eigenvalue weighted by Gasteiger charge is 2.31. The molecule has 0 spiro atoms. The third kappa shape index (κ3) is 7.84. The summed E-state index contributed by atoms with van der Waals surface area (Å²) in [6.45, 7) is 4.20. The summed E-state index contributed by atoms with van der Waals surface area (Å²) in [4.78, 5) is 48.3. The van der Waals surface area contributed by atoms with Gasteiger partial charge in [0.25, 0.3) is 5.91 Å². The zero-order valence-electron chi connectivity index (χ0n) is 40.1. The lowest BCUT2D eigenvalue weighted by Gasteiger charge is -2.19. The van der Waals surface area contributed by atoms with Gasteiger partial charge in [-0.25, -0.2) is 24.9 Å². The van der Waals surface area contributed by atoms with Crippen molar-refractivity contribution in [3.63, 3.8) is 0 Å². The van der Waals surface area contributed by atoms with Crippen LogP contribution in [0.25, 0.3) is 90.9 Å². The number of benzene rings is 4. The molecule has 12 heteroatoms. The molecule has 10 aromatic rings. The normalized spacial score (nSPS) is 12.1. The Bertz CT molecular complexity index is 3850. The number of aromatic nitrogens is 10. The van der Waals surface area contributed by atoms with Gasteiger partial charge >= 0.3 is 0 Å². The number of carbonyl (C=O) groups is 1. The number of amides is 1. The number of rotatable bonds is 10. The molecule has 3 N–H and O–H groups in total. The highest BCUT2D eigenvalue weighted by atomic mass is 16.1. The molecule has 2 aliphatic heterocycles. The van der Waals surface area contributed by atoms with Crippen LogP contribution in [0.4, 0.5) is 5.82 Å². The van der Waals surface area contributed by atoms with E-state index in [0.717, 1.165) is 89.7 Å². The van der Waals surface area contributed by atoms with Crippen LogP contribution in [0, 0.1) is 0 Å². The number of aryl methyl sites for hydroxylation is 2. The number of nitrogens with one attached hydrogen (secondary N) is 3. The largest absolute Gasteiger partial charge is 0.354 e. The van der Waals surface area contributed by atoms with E-state index >= 15 is 4.79 Å². The van der Waals surface area contributed by atoms with Crippen molar-refractivity contribution in [3.8, 4) is 44.5 Å². The fourth-order valence-electron chi connectivity index (χ4n) is 10.0. The second-order valence-electron chi connectivity index (χ2n) is 18.3. The van der Waals surface area contributed by atoms with E-state index in [1.165, 1.54) is 0 Å². The maximum atomic E-state index is 15.0. The highest BCUT2D eigenvalue weighted by molar-refractivity contribution is 6.11. The lowest BCUT2D eigenvalue weighted by Crippen LogP contribution is -2.19. The number of H-pyrrole nitrogens is 2. The van der Waals surface area contributed by atoms with E-state index in [1.54, 1.807) is 12.4 Å². The minimum atomic E-state index is -0.411. The molecule has 0 saturated carbocycles. The summed E-state index contributed by atoms with van der Waals surface area (Å²) in [5.74, 6) is 1.96. The first-order valence-corrected chi connectivity index (χ1v) is 24.0. The molecule has 72 heavy (non-hydrogen) atoms. The Morgan fingerprint density at radius 3 is 1.35 bits per heavy atom. The third-order valence-corrected chi connectivity index (χ3v) is 13.4. The van der Waals surface area contributed by atoms with Gasteiger partial charge in [-0.05, 0) is 90.7 Å². The Morgan fingerprint density at radius 1 is 0.500 bits per heavy atom. The van der Waals surface area contributed by atoms with E-state index in [2.05, 4.69) is 125 Å². The molecule has 6 aromatic heterocycles. The highest BCUT2D eigenvalue weighted by Crippen LogP contribution is 2.40. The van der Waals surface area contributed by atoms with Gasteiger partial charge in [0, 0.05) is 101 Å². The van der Waals surface area contributed by atoms with Crippen molar-refractivity contribution in [1.82, 2.24) is 48.6 Å². The standard InChI is InChI=1S/C60H49N11O/c1-37(2)71-36-51(67-59(71)56(57-61-32-34-69(57)3)58-62-33-35-70(58)4)68-60(72)42-23-15-14-22-41(42)55-49-30-28-47(65-49)53(39-18-10-6-11-19-39)45-26-24-43(63-45)52(38-16-8-5-9-17-38)44-25-27-46(64-44)54(40-20-12-7-13-21-40)48-29-31-50(55)66-48/h5-37,56,63,66H,1-4H3,(H,68,72). The maximum absolute atomic E-state index is 15.0. The van der Waals surface area contributed by atoms with Crippen molar-refractivity contribution in [1.29, 1.82) is 0 Å². The molecule has 12 rings (SSSR count). The van der Waals surface area contributed by atoms with Crippen LogP contribution in [0.5, 0.6) is 0 Å². The van der Waals surface area contributed by atoms with Crippen molar-refractivity contribution >= 4 is 58.1 Å². The van der Waals surface area contributed by atoms with Crippen molar-refractivity contribution in [2.24, 2.45) is 14.1 Å². The van der Waals surface area contributed by atoms with Crippen molar-refractivity contribution in [2.75, 3.05) is 5.32 Å². The van der Waals surface area contributed by atoms with E-state index in [9.17, 15) is 0 Å². The van der Waals surface area contributed by atoms with Gasteiger partial charge in [0.15, 0.2) is 5.82 Å². The predicted octanol–water partition coefficient (Wildman–Crippen LogP) is 13.0. The van der Waals surface area contributed by atoms with E-state index in [1.807, 2.05) is 115 Å². The monoisotopic (exact) mass is 939 g/mol. The van der Waals surface area contributed by atoms with Crippen LogP contribution in [-0.4, -0.2) is 54.5 Å². The van der Waals surface area contributed by atoms with E-state index in [0.29, 0.717) is 28.5 Å². The van der Waals surface area contributed by atoms with Crippen LogP contribution in [0.1, 0.15) is 76.4 Å². The number of hydrogen-bond donors (Lipinski definition) is 3. The van der Waals surface area contributed by atoms with Gasteiger partial charge in [0.2, 0.25) is 0 Å². The number of fused-ring (bicyclic) bond motifs is 8. The summed E-state index contributed by atoms with van der Waals surface area (Å²) >= 11 is 0. The summed E-state index contributed by atoms with van der Waals surface area (Å²) in [5, 5.41) is 3.21. The van der Waals surface area contributed by atoms with Crippen LogP contribution in [0.3, 0.4) is 0 Å². The number of anilines is 1. The SMILES string of the molecule is CC(C)n1cc(NC(=O)c2ccccc2-c2c3nc(c(-c4ccccc4)c4ccc([nH]4)c(-c4ccccc4)c4nc(c(-c5ccccc5)c5ccc2[nH]5)C=C4)C=C3)nc1C(c1nccn1C)c1nccn1C. The van der Waals surface area contributed by atoms with Crippen molar-refractivity contribution in [2.45, 2.75) is 25.8 Å². The van der Waals surface area contributed by atoms with Gasteiger partial charge in [-0.15, -0.1) is 0 Å². The number of hydrogen-bond acceptors (Lipinski definition) is 6. The van der Waals surface area contributed by atoms with E-state index in [4.69, 9.17) is 24.9 Å². The molecular formula is C60H49N11O. The molecule has 4 aromatic carbocycles. The Hall–Kier alpha value is -9.42. The fraction of sp³-hybridized carbons (Fsp3) is 0.100. The molecule has 1 amide bonds. The van der Waals surface area contributed by atoms with Crippen molar-refractivity contribution < 1.29 is 4.79 Å². The summed E-state index contributed by atoms with van der Waals surface area (Å²) < 4.78 is 6.06. The van der Waals surface area contributed by atoms with E-state index in [-0.39, 0.29) is 11.9 Å². The Labute approximate surface area is 415 Å². The molecule has 8 heterocycles. The molecule has 0 aliphatic carbocycles. The van der Waals surface area contributed by atoms with Crippen LogP contribution < -0.4 is 5.32 Å². The van der Waals surface area contributed by atoms with Gasteiger partial charge in [0.05, 0.1) is 22.8 Å². The molecule has 12 nitrogen and oxygen atoms in total. The molecule has 0 unspecified atom stereocenters. The molecule has 0 atom stereocenters. The Morgan fingerprint density at radius 2 is 0.917 bits per heavy atom.